The first-order chi connectivity index (χ1) is 12.8. The normalized spacial score (nSPS) is 10.8. The summed E-state index contributed by atoms with van der Waals surface area (Å²) in [6.07, 6.45) is 1.96. The summed E-state index contributed by atoms with van der Waals surface area (Å²) < 4.78 is 7.05. The van der Waals surface area contributed by atoms with Crippen LogP contribution in [0.5, 0.6) is 5.75 Å². The van der Waals surface area contributed by atoms with Gasteiger partial charge in [0.25, 0.3) is 5.56 Å². The molecule has 0 radical (unpaired) electrons. The average Bonchev–Trinajstić information content (AvgIpc) is 2.71. The molecule has 0 aliphatic carbocycles. The molecule has 3 nitrogen and oxygen atoms in total. The molecule has 0 atom stereocenters. The third kappa shape index (κ3) is 3.00. The first-order valence-corrected chi connectivity index (χ1v) is 8.57. The summed E-state index contributed by atoms with van der Waals surface area (Å²) in [6.45, 7) is 0.549. The van der Waals surface area contributed by atoms with Crippen molar-refractivity contribution in [2.24, 2.45) is 0 Å². The van der Waals surface area contributed by atoms with Crippen LogP contribution in [0, 0.1) is 0 Å². The van der Waals surface area contributed by atoms with E-state index < -0.39 is 0 Å². The number of hydrogen-bond acceptors (Lipinski definition) is 2. The minimum atomic E-state index is 0.0294. The summed E-state index contributed by atoms with van der Waals surface area (Å²) >= 11 is 0. The summed E-state index contributed by atoms with van der Waals surface area (Å²) in [5, 5.41) is 1.70. The minimum Gasteiger partial charge on any atom is -0.497 e. The van der Waals surface area contributed by atoms with E-state index in [1.54, 1.807) is 11.7 Å². The van der Waals surface area contributed by atoms with Crippen LogP contribution < -0.4 is 10.3 Å². The van der Waals surface area contributed by atoms with E-state index in [1.807, 2.05) is 85.1 Å². The molecule has 4 aromatic rings. The molecule has 0 aliphatic rings. The lowest BCUT2D eigenvalue weighted by Gasteiger charge is -2.13. The van der Waals surface area contributed by atoms with Crippen LogP contribution in [0.1, 0.15) is 5.56 Å². The van der Waals surface area contributed by atoms with Crippen LogP contribution in [0.2, 0.25) is 0 Å². The van der Waals surface area contributed by atoms with Gasteiger partial charge in [-0.05, 0) is 34.7 Å². The summed E-state index contributed by atoms with van der Waals surface area (Å²) in [6, 6.07) is 25.7. The Morgan fingerprint density at radius 3 is 2.15 bits per heavy atom. The molecule has 1 heterocycles. The van der Waals surface area contributed by atoms with Gasteiger partial charge in [0, 0.05) is 17.1 Å². The second kappa shape index (κ2) is 6.89. The molecule has 4 rings (SSSR count). The van der Waals surface area contributed by atoms with Gasteiger partial charge < -0.3 is 9.30 Å². The standard InChI is InChI=1S/C23H19NO2/c1-26-19-13-11-18(12-14-19)22-16-24(15-17-7-3-2-4-8-17)23(25)21-10-6-5-9-20(21)22/h2-14,16H,15H2,1H3. The Bertz CT molecular complexity index is 1100. The van der Waals surface area contributed by atoms with Gasteiger partial charge in [-0.2, -0.15) is 0 Å². The molecule has 1 aromatic heterocycles. The van der Waals surface area contributed by atoms with Crippen LogP contribution in [0.25, 0.3) is 21.9 Å². The van der Waals surface area contributed by atoms with Crippen LogP contribution in [0.3, 0.4) is 0 Å². The molecule has 0 bridgehead atoms. The van der Waals surface area contributed by atoms with Gasteiger partial charge in [-0.15, -0.1) is 0 Å². The smallest absolute Gasteiger partial charge is 0.258 e. The number of benzene rings is 3. The van der Waals surface area contributed by atoms with Crippen molar-refractivity contribution < 1.29 is 4.74 Å². The predicted octanol–water partition coefficient (Wildman–Crippen LogP) is 4.73. The van der Waals surface area contributed by atoms with Gasteiger partial charge in [-0.25, -0.2) is 0 Å². The van der Waals surface area contributed by atoms with Gasteiger partial charge in [0.2, 0.25) is 0 Å². The first kappa shape index (κ1) is 16.2. The van der Waals surface area contributed by atoms with Crippen molar-refractivity contribution in [3.8, 4) is 16.9 Å². The quantitative estimate of drug-likeness (QED) is 0.537. The highest BCUT2D eigenvalue weighted by Gasteiger charge is 2.10. The van der Waals surface area contributed by atoms with Gasteiger partial charge in [-0.1, -0.05) is 60.7 Å². The van der Waals surface area contributed by atoms with E-state index in [9.17, 15) is 4.79 Å². The summed E-state index contributed by atoms with van der Waals surface area (Å²) in [4.78, 5) is 13.0. The van der Waals surface area contributed by atoms with Crippen LogP contribution in [0.4, 0.5) is 0 Å². The van der Waals surface area contributed by atoms with E-state index in [2.05, 4.69) is 0 Å². The second-order valence-corrected chi connectivity index (χ2v) is 6.24. The number of nitrogens with zero attached hydrogens (tertiary/aromatic N) is 1. The molecular formula is C23H19NO2. The van der Waals surface area contributed by atoms with Crippen molar-refractivity contribution in [3.05, 3.63) is 101 Å². The number of rotatable bonds is 4. The van der Waals surface area contributed by atoms with Gasteiger partial charge in [0.1, 0.15) is 5.75 Å². The summed E-state index contributed by atoms with van der Waals surface area (Å²) in [7, 11) is 1.66. The van der Waals surface area contributed by atoms with Crippen LogP contribution in [-0.2, 0) is 6.54 Å². The Morgan fingerprint density at radius 2 is 1.46 bits per heavy atom. The van der Waals surface area contributed by atoms with Crippen LogP contribution in [-0.4, -0.2) is 11.7 Å². The van der Waals surface area contributed by atoms with E-state index in [1.165, 1.54) is 0 Å². The molecule has 0 unspecified atom stereocenters. The Hall–Kier alpha value is -3.33. The van der Waals surface area contributed by atoms with Gasteiger partial charge in [0.15, 0.2) is 0 Å². The molecule has 0 N–H and O–H groups in total. The van der Waals surface area contributed by atoms with Crippen LogP contribution >= 0.6 is 0 Å². The Kier molecular flexibility index (Phi) is 4.28. The largest absolute Gasteiger partial charge is 0.497 e. The highest BCUT2D eigenvalue weighted by Crippen LogP contribution is 2.28. The molecule has 0 saturated carbocycles. The van der Waals surface area contributed by atoms with E-state index in [4.69, 9.17) is 4.74 Å². The molecule has 0 aliphatic heterocycles. The van der Waals surface area contributed by atoms with Crippen molar-refractivity contribution >= 4 is 10.8 Å². The van der Waals surface area contributed by atoms with E-state index in [0.29, 0.717) is 6.54 Å². The van der Waals surface area contributed by atoms with E-state index >= 15 is 0 Å². The van der Waals surface area contributed by atoms with Crippen molar-refractivity contribution in [1.29, 1.82) is 0 Å². The summed E-state index contributed by atoms with van der Waals surface area (Å²) in [5.74, 6) is 0.815. The van der Waals surface area contributed by atoms with Gasteiger partial charge >= 0.3 is 0 Å². The average molecular weight is 341 g/mol. The fourth-order valence-corrected chi connectivity index (χ4v) is 3.24. The fourth-order valence-electron chi connectivity index (χ4n) is 3.24. The predicted molar refractivity (Wildman–Crippen MR) is 106 cm³/mol. The van der Waals surface area contributed by atoms with Crippen molar-refractivity contribution in [2.75, 3.05) is 7.11 Å². The molecule has 0 fully saturated rings. The summed E-state index contributed by atoms with van der Waals surface area (Å²) in [5.41, 5.74) is 3.23. The number of methoxy groups -OCH3 is 1. The first-order valence-electron chi connectivity index (χ1n) is 8.57. The third-order valence-electron chi connectivity index (χ3n) is 4.59. The lowest BCUT2D eigenvalue weighted by Crippen LogP contribution is -2.20. The second-order valence-electron chi connectivity index (χ2n) is 6.24. The molecule has 0 saturated heterocycles. The Labute approximate surface area is 152 Å². The molecule has 3 aromatic carbocycles. The number of fused-ring (bicyclic) bond motifs is 1. The Morgan fingerprint density at radius 1 is 0.808 bits per heavy atom. The lowest BCUT2D eigenvalue weighted by molar-refractivity contribution is 0.415. The van der Waals surface area contributed by atoms with E-state index in [0.717, 1.165) is 33.2 Å². The van der Waals surface area contributed by atoms with Crippen LogP contribution in [0.15, 0.2) is 89.9 Å². The highest BCUT2D eigenvalue weighted by atomic mass is 16.5. The SMILES string of the molecule is COc1ccc(-c2cn(Cc3ccccc3)c(=O)c3ccccc23)cc1. The maximum absolute atomic E-state index is 13.0. The Balaban J connectivity index is 1.90. The zero-order chi connectivity index (χ0) is 17.9. The van der Waals surface area contributed by atoms with Crippen molar-refractivity contribution in [3.63, 3.8) is 0 Å². The molecular weight excluding hydrogens is 322 g/mol. The molecule has 0 amide bonds. The number of aromatic nitrogens is 1. The maximum atomic E-state index is 13.0. The fraction of sp³-hybridized carbons (Fsp3) is 0.0870. The molecule has 26 heavy (non-hydrogen) atoms. The lowest BCUT2D eigenvalue weighted by atomic mass is 10.0. The van der Waals surface area contributed by atoms with Crippen molar-refractivity contribution in [1.82, 2.24) is 4.57 Å². The third-order valence-corrected chi connectivity index (χ3v) is 4.59. The topological polar surface area (TPSA) is 31.2 Å². The highest BCUT2D eigenvalue weighted by molar-refractivity contribution is 5.95. The van der Waals surface area contributed by atoms with Gasteiger partial charge in [-0.3, -0.25) is 4.79 Å². The zero-order valence-electron chi connectivity index (χ0n) is 14.6. The number of ether oxygens (including phenoxy) is 1. The van der Waals surface area contributed by atoms with Gasteiger partial charge in [0.05, 0.1) is 13.7 Å². The number of hydrogen-bond donors (Lipinski definition) is 0. The number of pyridine rings is 1. The molecule has 128 valence electrons. The zero-order valence-corrected chi connectivity index (χ0v) is 14.6. The molecule has 3 heteroatoms. The monoisotopic (exact) mass is 341 g/mol. The molecule has 0 spiro atoms. The maximum Gasteiger partial charge on any atom is 0.258 e. The van der Waals surface area contributed by atoms with E-state index in [-0.39, 0.29) is 5.56 Å². The minimum absolute atomic E-state index is 0.0294. The van der Waals surface area contributed by atoms with Crippen molar-refractivity contribution in [2.45, 2.75) is 6.54 Å².